The van der Waals surface area contributed by atoms with Gasteiger partial charge in [0.05, 0.1) is 30.9 Å². The third-order valence-electron chi connectivity index (χ3n) is 4.24. The number of hydrogen-bond donors (Lipinski definition) is 1. The third-order valence-corrected chi connectivity index (χ3v) is 4.24. The van der Waals surface area contributed by atoms with Gasteiger partial charge in [0.25, 0.3) is 0 Å². The molecule has 2 aromatic carbocycles. The van der Waals surface area contributed by atoms with E-state index in [4.69, 9.17) is 10.5 Å². The van der Waals surface area contributed by atoms with E-state index in [-0.39, 0.29) is 0 Å². The van der Waals surface area contributed by atoms with Crippen LogP contribution in [-0.4, -0.2) is 21.5 Å². The van der Waals surface area contributed by atoms with Gasteiger partial charge in [-0.2, -0.15) is 0 Å². The van der Waals surface area contributed by atoms with Gasteiger partial charge in [-0.15, -0.1) is 0 Å². The van der Waals surface area contributed by atoms with Crippen LogP contribution in [0.3, 0.4) is 0 Å². The van der Waals surface area contributed by atoms with E-state index < -0.39 is 0 Å². The fourth-order valence-corrected chi connectivity index (χ4v) is 2.87. The van der Waals surface area contributed by atoms with Crippen molar-refractivity contribution in [2.75, 3.05) is 7.11 Å². The SMILES string of the molecule is COc1ccc(-c2cnc3cnc(-c4cccc(CN)c4)cn23)cc1. The molecule has 5 heteroatoms. The zero-order valence-electron chi connectivity index (χ0n) is 13.9. The second kappa shape index (κ2) is 6.37. The second-order valence-electron chi connectivity index (χ2n) is 5.78. The number of rotatable bonds is 4. The molecule has 4 aromatic rings. The smallest absolute Gasteiger partial charge is 0.155 e. The number of imidazole rings is 1. The molecule has 0 saturated heterocycles. The molecule has 2 N–H and O–H groups in total. The van der Waals surface area contributed by atoms with Crippen molar-refractivity contribution >= 4 is 5.65 Å². The lowest BCUT2D eigenvalue weighted by molar-refractivity contribution is 0.415. The molecule has 0 spiro atoms. The molecule has 2 heterocycles. The zero-order chi connectivity index (χ0) is 17.2. The molecule has 0 bridgehead atoms. The normalized spacial score (nSPS) is 11.0. The topological polar surface area (TPSA) is 65.4 Å². The zero-order valence-corrected chi connectivity index (χ0v) is 13.9. The van der Waals surface area contributed by atoms with Gasteiger partial charge in [-0.1, -0.05) is 18.2 Å². The highest BCUT2D eigenvalue weighted by atomic mass is 16.5. The molecule has 2 aromatic heterocycles. The Kier molecular flexibility index (Phi) is 3.91. The lowest BCUT2D eigenvalue weighted by Gasteiger charge is -2.07. The Labute approximate surface area is 145 Å². The van der Waals surface area contributed by atoms with Gasteiger partial charge < -0.3 is 10.5 Å². The van der Waals surface area contributed by atoms with Gasteiger partial charge in [0, 0.05) is 23.9 Å². The van der Waals surface area contributed by atoms with Crippen molar-refractivity contribution in [3.05, 3.63) is 72.7 Å². The molecule has 0 aliphatic heterocycles. The quantitative estimate of drug-likeness (QED) is 0.622. The fraction of sp³-hybridized carbons (Fsp3) is 0.100. The molecule has 0 radical (unpaired) electrons. The first kappa shape index (κ1) is 15.4. The standard InChI is InChI=1S/C20H18N4O/c1-25-17-7-5-15(6-8-17)19-11-23-20-12-22-18(13-24(19)20)16-4-2-3-14(9-16)10-21/h2-9,11-13H,10,21H2,1H3. The van der Waals surface area contributed by atoms with E-state index in [0.717, 1.165) is 39.5 Å². The monoisotopic (exact) mass is 330 g/mol. The van der Waals surface area contributed by atoms with Crippen molar-refractivity contribution in [1.82, 2.24) is 14.4 Å². The molecule has 0 aliphatic carbocycles. The summed E-state index contributed by atoms with van der Waals surface area (Å²) >= 11 is 0. The number of hydrogen-bond acceptors (Lipinski definition) is 4. The van der Waals surface area contributed by atoms with Crippen molar-refractivity contribution in [2.24, 2.45) is 5.73 Å². The van der Waals surface area contributed by atoms with Gasteiger partial charge in [0.15, 0.2) is 5.65 Å². The van der Waals surface area contributed by atoms with Crippen molar-refractivity contribution in [3.8, 4) is 28.3 Å². The Morgan fingerprint density at radius 2 is 1.84 bits per heavy atom. The van der Waals surface area contributed by atoms with Gasteiger partial charge in [-0.3, -0.25) is 9.38 Å². The molecular weight excluding hydrogens is 312 g/mol. The Morgan fingerprint density at radius 1 is 1.00 bits per heavy atom. The van der Waals surface area contributed by atoms with E-state index >= 15 is 0 Å². The van der Waals surface area contributed by atoms with Crippen LogP contribution >= 0.6 is 0 Å². The van der Waals surface area contributed by atoms with E-state index in [9.17, 15) is 0 Å². The minimum absolute atomic E-state index is 0.512. The summed E-state index contributed by atoms with van der Waals surface area (Å²) in [4.78, 5) is 9.00. The summed E-state index contributed by atoms with van der Waals surface area (Å²) in [5.41, 5.74) is 11.6. The molecule has 0 unspecified atom stereocenters. The molecule has 5 nitrogen and oxygen atoms in total. The number of ether oxygens (including phenoxy) is 1. The van der Waals surface area contributed by atoms with Crippen LogP contribution in [0.2, 0.25) is 0 Å². The first-order chi connectivity index (χ1) is 12.3. The molecule has 0 atom stereocenters. The third kappa shape index (κ3) is 2.86. The predicted molar refractivity (Wildman–Crippen MR) is 98.3 cm³/mol. The maximum absolute atomic E-state index is 5.75. The van der Waals surface area contributed by atoms with Crippen LogP contribution in [0.4, 0.5) is 0 Å². The fourth-order valence-electron chi connectivity index (χ4n) is 2.87. The summed E-state index contributed by atoms with van der Waals surface area (Å²) in [7, 11) is 1.66. The molecular formula is C20H18N4O. The molecule has 4 rings (SSSR count). The Bertz CT molecular complexity index is 1020. The highest BCUT2D eigenvalue weighted by molar-refractivity contribution is 5.67. The minimum Gasteiger partial charge on any atom is -0.497 e. The number of fused-ring (bicyclic) bond motifs is 1. The minimum atomic E-state index is 0.512. The number of aromatic nitrogens is 3. The van der Waals surface area contributed by atoms with Crippen molar-refractivity contribution in [3.63, 3.8) is 0 Å². The average molecular weight is 330 g/mol. The van der Waals surface area contributed by atoms with E-state index in [0.29, 0.717) is 6.54 Å². The number of benzene rings is 2. The van der Waals surface area contributed by atoms with Crippen LogP contribution in [0.25, 0.3) is 28.2 Å². The summed E-state index contributed by atoms with van der Waals surface area (Å²) in [6.07, 6.45) is 5.66. The van der Waals surface area contributed by atoms with Crippen LogP contribution in [0.5, 0.6) is 5.75 Å². The summed E-state index contributed by atoms with van der Waals surface area (Å²) in [5, 5.41) is 0. The van der Waals surface area contributed by atoms with Gasteiger partial charge in [-0.05, 0) is 35.9 Å². The average Bonchev–Trinajstić information content (AvgIpc) is 3.11. The van der Waals surface area contributed by atoms with E-state index in [1.165, 1.54) is 0 Å². The number of nitrogens with zero attached hydrogens (tertiary/aromatic N) is 3. The first-order valence-electron chi connectivity index (χ1n) is 8.05. The van der Waals surface area contributed by atoms with E-state index in [2.05, 4.69) is 20.4 Å². The summed E-state index contributed by atoms with van der Waals surface area (Å²) in [6.45, 7) is 0.512. The van der Waals surface area contributed by atoms with Gasteiger partial charge in [-0.25, -0.2) is 4.98 Å². The summed E-state index contributed by atoms with van der Waals surface area (Å²) in [6, 6.07) is 16.1. The van der Waals surface area contributed by atoms with Crippen LogP contribution < -0.4 is 10.5 Å². The van der Waals surface area contributed by atoms with E-state index in [1.54, 1.807) is 13.3 Å². The molecule has 0 aliphatic rings. The largest absolute Gasteiger partial charge is 0.497 e. The molecule has 0 amide bonds. The van der Waals surface area contributed by atoms with Crippen molar-refractivity contribution in [2.45, 2.75) is 6.54 Å². The Hall–Kier alpha value is -3.18. The predicted octanol–water partition coefficient (Wildman–Crippen LogP) is 3.53. The summed E-state index contributed by atoms with van der Waals surface area (Å²) < 4.78 is 7.28. The van der Waals surface area contributed by atoms with Crippen LogP contribution in [-0.2, 0) is 6.54 Å². The molecule has 0 saturated carbocycles. The first-order valence-corrected chi connectivity index (χ1v) is 8.05. The van der Waals surface area contributed by atoms with Crippen molar-refractivity contribution < 1.29 is 4.74 Å². The lowest BCUT2D eigenvalue weighted by Crippen LogP contribution is -1.97. The maximum Gasteiger partial charge on any atom is 0.155 e. The van der Waals surface area contributed by atoms with Gasteiger partial charge >= 0.3 is 0 Å². The number of methoxy groups -OCH3 is 1. The Balaban J connectivity index is 1.81. The highest BCUT2D eigenvalue weighted by Gasteiger charge is 2.09. The van der Waals surface area contributed by atoms with Crippen LogP contribution in [0.15, 0.2) is 67.1 Å². The molecule has 25 heavy (non-hydrogen) atoms. The Morgan fingerprint density at radius 3 is 2.60 bits per heavy atom. The van der Waals surface area contributed by atoms with Gasteiger partial charge in [0.2, 0.25) is 0 Å². The summed E-state index contributed by atoms with van der Waals surface area (Å²) in [5.74, 6) is 0.832. The molecule has 124 valence electrons. The van der Waals surface area contributed by atoms with Gasteiger partial charge in [0.1, 0.15) is 5.75 Å². The highest BCUT2D eigenvalue weighted by Crippen LogP contribution is 2.25. The van der Waals surface area contributed by atoms with Crippen LogP contribution in [0, 0.1) is 0 Å². The van der Waals surface area contributed by atoms with Crippen LogP contribution in [0.1, 0.15) is 5.56 Å². The van der Waals surface area contributed by atoms with E-state index in [1.807, 2.05) is 54.9 Å². The lowest BCUT2D eigenvalue weighted by atomic mass is 10.1. The van der Waals surface area contributed by atoms with Crippen molar-refractivity contribution in [1.29, 1.82) is 0 Å². The number of nitrogens with two attached hydrogens (primary N) is 1. The molecule has 0 fully saturated rings. The second-order valence-corrected chi connectivity index (χ2v) is 5.78. The maximum atomic E-state index is 5.75.